The molecule has 146 valence electrons. The van der Waals surface area contributed by atoms with Gasteiger partial charge in [0.15, 0.2) is 0 Å². The Labute approximate surface area is 172 Å². The highest BCUT2D eigenvalue weighted by molar-refractivity contribution is 7.17. The predicted molar refractivity (Wildman–Crippen MR) is 115 cm³/mol. The van der Waals surface area contributed by atoms with Crippen LogP contribution in [0.15, 0.2) is 71.1 Å². The second kappa shape index (κ2) is 8.01. The second-order valence-electron chi connectivity index (χ2n) is 6.92. The number of hydrogen-bond acceptors (Lipinski definition) is 5. The minimum absolute atomic E-state index is 0.168. The first-order valence-corrected chi connectivity index (χ1v) is 10.2. The fourth-order valence-electron chi connectivity index (χ4n) is 3.13. The van der Waals surface area contributed by atoms with Crippen LogP contribution >= 0.6 is 11.3 Å². The van der Waals surface area contributed by atoms with Crippen LogP contribution in [0.2, 0.25) is 0 Å². The summed E-state index contributed by atoms with van der Waals surface area (Å²) in [6.07, 6.45) is 1.43. The van der Waals surface area contributed by atoms with Gasteiger partial charge in [0.1, 0.15) is 17.5 Å². The predicted octanol–water partition coefficient (Wildman–Crippen LogP) is 4.74. The largest absolute Gasteiger partial charge is 0.459 e. The van der Waals surface area contributed by atoms with Crippen molar-refractivity contribution in [1.82, 2.24) is 9.55 Å². The molecule has 0 aliphatic heterocycles. The Morgan fingerprint density at radius 1 is 1.14 bits per heavy atom. The van der Waals surface area contributed by atoms with Crippen LogP contribution < -0.4 is 5.56 Å². The van der Waals surface area contributed by atoms with Crippen LogP contribution in [0.1, 0.15) is 24.1 Å². The Morgan fingerprint density at radius 2 is 1.86 bits per heavy atom. The smallest absolute Gasteiger partial charge is 0.329 e. The third-order valence-corrected chi connectivity index (χ3v) is 5.75. The average Bonchev–Trinajstić information content (AvgIpc) is 3.18. The number of carbonyl (C=O) groups excluding carboxylic acids is 1. The number of hydrogen-bond donors (Lipinski definition) is 0. The molecule has 0 radical (unpaired) electrons. The highest BCUT2D eigenvalue weighted by Crippen LogP contribution is 2.31. The van der Waals surface area contributed by atoms with Gasteiger partial charge in [-0.15, -0.1) is 11.3 Å². The molecule has 2 aromatic carbocycles. The van der Waals surface area contributed by atoms with Gasteiger partial charge in [-0.05, 0) is 25.0 Å². The van der Waals surface area contributed by atoms with Crippen LogP contribution in [0.3, 0.4) is 0 Å². The summed E-state index contributed by atoms with van der Waals surface area (Å²) in [4.78, 5) is 30.8. The molecular formula is C23H20N2O3S. The molecule has 6 heteroatoms. The van der Waals surface area contributed by atoms with Crippen molar-refractivity contribution in [3.05, 3.63) is 87.8 Å². The Morgan fingerprint density at radius 3 is 2.59 bits per heavy atom. The monoisotopic (exact) mass is 404 g/mol. The number of rotatable bonds is 5. The first kappa shape index (κ1) is 19.1. The first-order valence-electron chi connectivity index (χ1n) is 9.30. The standard InChI is InChI=1S/C23H20N2O3S/c1-15-8-10-18(11-9-15)19-13-29-21-20(19)22(26)25(14-24-21)16(2)23(27)28-12-17-6-4-3-5-7-17/h3-11,13-14,16H,12H2,1-2H3. The van der Waals surface area contributed by atoms with Gasteiger partial charge in [-0.2, -0.15) is 0 Å². The summed E-state index contributed by atoms with van der Waals surface area (Å²) < 4.78 is 6.74. The van der Waals surface area contributed by atoms with Gasteiger partial charge in [-0.25, -0.2) is 9.78 Å². The lowest BCUT2D eigenvalue weighted by molar-refractivity contribution is -0.148. The number of ether oxygens (including phenoxy) is 1. The van der Waals surface area contributed by atoms with Crippen molar-refractivity contribution in [3.8, 4) is 11.1 Å². The Bertz CT molecular complexity index is 1210. The third kappa shape index (κ3) is 3.84. The van der Waals surface area contributed by atoms with Gasteiger partial charge in [0.25, 0.3) is 5.56 Å². The number of carbonyl (C=O) groups is 1. The van der Waals surface area contributed by atoms with Crippen molar-refractivity contribution < 1.29 is 9.53 Å². The van der Waals surface area contributed by atoms with Gasteiger partial charge in [0.05, 0.1) is 11.7 Å². The van der Waals surface area contributed by atoms with Crippen molar-refractivity contribution in [1.29, 1.82) is 0 Å². The van der Waals surface area contributed by atoms with E-state index < -0.39 is 12.0 Å². The third-order valence-electron chi connectivity index (χ3n) is 4.86. The van der Waals surface area contributed by atoms with E-state index in [1.807, 2.05) is 66.9 Å². The van der Waals surface area contributed by atoms with Crippen molar-refractivity contribution in [2.75, 3.05) is 0 Å². The highest BCUT2D eigenvalue weighted by Gasteiger charge is 2.21. The lowest BCUT2D eigenvalue weighted by Gasteiger charge is -2.14. The maximum atomic E-state index is 13.2. The zero-order valence-corrected chi connectivity index (χ0v) is 17.0. The van der Waals surface area contributed by atoms with E-state index in [0.717, 1.165) is 22.3 Å². The van der Waals surface area contributed by atoms with E-state index in [1.165, 1.54) is 22.2 Å². The summed E-state index contributed by atoms with van der Waals surface area (Å²) in [5.41, 5.74) is 3.60. The molecule has 2 heterocycles. The van der Waals surface area contributed by atoms with Crippen LogP contribution in [0.4, 0.5) is 0 Å². The Kier molecular flexibility index (Phi) is 5.27. The molecule has 4 rings (SSSR count). The maximum absolute atomic E-state index is 13.2. The van der Waals surface area contributed by atoms with Gasteiger partial charge in [0.2, 0.25) is 0 Å². The summed E-state index contributed by atoms with van der Waals surface area (Å²) in [7, 11) is 0. The lowest BCUT2D eigenvalue weighted by Crippen LogP contribution is -2.29. The number of benzene rings is 2. The summed E-state index contributed by atoms with van der Waals surface area (Å²) in [5.74, 6) is -0.468. The Balaban J connectivity index is 1.64. The van der Waals surface area contributed by atoms with Crippen LogP contribution in [-0.2, 0) is 16.1 Å². The molecule has 0 bridgehead atoms. The molecule has 0 amide bonds. The second-order valence-corrected chi connectivity index (χ2v) is 7.78. The molecule has 0 spiro atoms. The molecule has 0 aliphatic rings. The number of fused-ring (bicyclic) bond motifs is 1. The maximum Gasteiger partial charge on any atom is 0.329 e. The van der Waals surface area contributed by atoms with Crippen molar-refractivity contribution in [2.24, 2.45) is 0 Å². The molecule has 0 N–H and O–H groups in total. The van der Waals surface area contributed by atoms with Crippen LogP contribution in [-0.4, -0.2) is 15.5 Å². The number of thiophene rings is 1. The van der Waals surface area contributed by atoms with E-state index in [0.29, 0.717) is 10.2 Å². The van der Waals surface area contributed by atoms with E-state index >= 15 is 0 Å². The molecule has 5 nitrogen and oxygen atoms in total. The minimum atomic E-state index is -0.770. The zero-order chi connectivity index (χ0) is 20.4. The molecule has 29 heavy (non-hydrogen) atoms. The zero-order valence-electron chi connectivity index (χ0n) is 16.2. The average molecular weight is 404 g/mol. The van der Waals surface area contributed by atoms with E-state index in [2.05, 4.69) is 4.98 Å². The minimum Gasteiger partial charge on any atom is -0.459 e. The highest BCUT2D eigenvalue weighted by atomic mass is 32.1. The normalized spacial score (nSPS) is 12.1. The molecule has 0 fully saturated rings. The van der Waals surface area contributed by atoms with E-state index in [4.69, 9.17) is 4.74 Å². The fraction of sp³-hybridized carbons (Fsp3) is 0.174. The number of esters is 1. The van der Waals surface area contributed by atoms with Gasteiger partial charge in [-0.1, -0.05) is 60.2 Å². The molecule has 0 saturated heterocycles. The first-order chi connectivity index (χ1) is 14.0. The summed E-state index contributed by atoms with van der Waals surface area (Å²) in [6, 6.07) is 16.7. The van der Waals surface area contributed by atoms with Crippen LogP contribution in [0, 0.1) is 6.92 Å². The Hall–Kier alpha value is -3.25. The topological polar surface area (TPSA) is 61.2 Å². The van der Waals surface area contributed by atoms with Gasteiger partial charge in [0, 0.05) is 10.9 Å². The van der Waals surface area contributed by atoms with E-state index in [-0.39, 0.29) is 12.2 Å². The number of nitrogens with zero attached hydrogens (tertiary/aromatic N) is 2. The molecule has 0 aliphatic carbocycles. The van der Waals surface area contributed by atoms with Crippen molar-refractivity contribution in [2.45, 2.75) is 26.5 Å². The van der Waals surface area contributed by atoms with Crippen molar-refractivity contribution >= 4 is 27.5 Å². The molecule has 2 aromatic heterocycles. The van der Waals surface area contributed by atoms with Crippen molar-refractivity contribution in [3.63, 3.8) is 0 Å². The molecule has 1 unspecified atom stereocenters. The summed E-state index contributed by atoms with van der Waals surface area (Å²) in [6.45, 7) is 3.84. The fourth-order valence-corrected chi connectivity index (χ4v) is 4.04. The number of aryl methyl sites for hydroxylation is 1. The molecular weight excluding hydrogens is 384 g/mol. The van der Waals surface area contributed by atoms with Crippen LogP contribution in [0.25, 0.3) is 21.3 Å². The van der Waals surface area contributed by atoms with E-state index in [9.17, 15) is 9.59 Å². The number of aromatic nitrogens is 2. The summed E-state index contributed by atoms with van der Waals surface area (Å²) >= 11 is 1.42. The molecule has 1 atom stereocenters. The quantitative estimate of drug-likeness (QED) is 0.451. The van der Waals surface area contributed by atoms with Gasteiger partial charge >= 0.3 is 5.97 Å². The SMILES string of the molecule is Cc1ccc(-c2csc3ncn(C(C)C(=O)OCc4ccccc4)c(=O)c23)cc1. The summed E-state index contributed by atoms with van der Waals surface area (Å²) in [5, 5.41) is 2.47. The van der Waals surface area contributed by atoms with Crippen LogP contribution in [0.5, 0.6) is 0 Å². The molecule has 0 saturated carbocycles. The van der Waals surface area contributed by atoms with E-state index in [1.54, 1.807) is 6.92 Å². The lowest BCUT2D eigenvalue weighted by atomic mass is 10.1. The van der Waals surface area contributed by atoms with Gasteiger partial charge in [-0.3, -0.25) is 9.36 Å². The molecule has 4 aromatic rings. The van der Waals surface area contributed by atoms with Gasteiger partial charge < -0.3 is 4.74 Å².